The Morgan fingerprint density at radius 2 is 1.54 bits per heavy atom. The molecule has 2 fully saturated rings. The molecule has 24 heavy (non-hydrogen) atoms. The number of likely N-dealkylation sites (tertiary alicyclic amines) is 1. The number of hydrogen-bond donors (Lipinski definition) is 0. The molecular weight excluding hydrogens is 310 g/mol. The number of nitrogens with zero attached hydrogens (tertiary/aromatic N) is 1. The van der Waals surface area contributed by atoms with Crippen LogP contribution in [0.1, 0.15) is 59.3 Å². The van der Waals surface area contributed by atoms with Crippen LogP contribution >= 0.6 is 0 Å². The molecule has 0 aromatic carbocycles. The van der Waals surface area contributed by atoms with Crippen LogP contribution in [0.25, 0.3) is 0 Å². The minimum atomic E-state index is -0.570. The molecule has 2 rings (SSSR count). The van der Waals surface area contributed by atoms with Crippen molar-refractivity contribution in [3.8, 4) is 0 Å². The molecule has 1 aliphatic heterocycles. The van der Waals surface area contributed by atoms with Crippen LogP contribution in [-0.2, 0) is 19.0 Å². The monoisotopic (exact) mass is 341 g/mol. The zero-order valence-corrected chi connectivity index (χ0v) is 15.4. The summed E-state index contributed by atoms with van der Waals surface area (Å²) in [6, 6.07) is 0.536. The van der Waals surface area contributed by atoms with E-state index in [2.05, 4.69) is 4.90 Å². The van der Waals surface area contributed by atoms with Crippen LogP contribution in [0.3, 0.4) is 0 Å². The number of piperidine rings is 1. The molecule has 2 aliphatic rings. The Labute approximate surface area is 144 Å². The summed E-state index contributed by atoms with van der Waals surface area (Å²) in [7, 11) is 1.46. The van der Waals surface area contributed by atoms with Gasteiger partial charge in [0.15, 0.2) is 0 Å². The van der Waals surface area contributed by atoms with Gasteiger partial charge in [0.2, 0.25) is 0 Å². The molecule has 0 unspecified atom stereocenters. The van der Waals surface area contributed by atoms with Crippen LogP contribution in [0.4, 0.5) is 4.79 Å². The van der Waals surface area contributed by atoms with Gasteiger partial charge in [-0.05, 0) is 59.3 Å². The summed E-state index contributed by atoms with van der Waals surface area (Å²) in [4.78, 5) is 25.8. The quantitative estimate of drug-likeness (QED) is 0.735. The molecule has 6 nitrogen and oxygen atoms in total. The van der Waals surface area contributed by atoms with Crippen LogP contribution < -0.4 is 0 Å². The van der Waals surface area contributed by atoms with Gasteiger partial charge in [0.1, 0.15) is 11.7 Å². The number of ether oxygens (including phenoxy) is 3. The topological polar surface area (TPSA) is 65.1 Å². The van der Waals surface area contributed by atoms with Crippen molar-refractivity contribution in [1.82, 2.24) is 4.90 Å². The zero-order chi connectivity index (χ0) is 17.7. The highest BCUT2D eigenvalue weighted by atomic mass is 16.7. The van der Waals surface area contributed by atoms with E-state index in [0.29, 0.717) is 6.04 Å². The largest absolute Gasteiger partial charge is 0.509 e. The number of methoxy groups -OCH3 is 1. The Bertz CT molecular complexity index is 429. The van der Waals surface area contributed by atoms with Crippen molar-refractivity contribution >= 4 is 12.1 Å². The molecule has 0 bridgehead atoms. The molecule has 1 heterocycles. The third kappa shape index (κ3) is 5.65. The van der Waals surface area contributed by atoms with E-state index in [9.17, 15) is 9.59 Å². The van der Waals surface area contributed by atoms with E-state index >= 15 is 0 Å². The van der Waals surface area contributed by atoms with E-state index in [1.165, 1.54) is 7.11 Å². The number of rotatable bonds is 3. The Kier molecular flexibility index (Phi) is 6.49. The lowest BCUT2D eigenvalue weighted by Crippen LogP contribution is -2.45. The second-order valence-corrected chi connectivity index (χ2v) is 7.85. The number of carbonyl (C=O) groups excluding carboxylic acids is 2. The molecule has 0 aromatic rings. The standard InChI is InChI=1S/C18H31NO5/c1-18(2,3)24-17(21)23-15-9-11-19(12-10-15)14-7-5-13(6-8-14)16(20)22-4/h13-15H,5-12H2,1-4H3. The molecule has 0 amide bonds. The summed E-state index contributed by atoms with van der Waals surface area (Å²) in [5.41, 5.74) is -0.518. The van der Waals surface area contributed by atoms with Crippen molar-refractivity contribution in [2.75, 3.05) is 20.2 Å². The second kappa shape index (κ2) is 8.19. The van der Waals surface area contributed by atoms with Gasteiger partial charge in [0.05, 0.1) is 13.0 Å². The number of esters is 1. The van der Waals surface area contributed by atoms with E-state index < -0.39 is 11.8 Å². The Morgan fingerprint density at radius 3 is 2.04 bits per heavy atom. The molecule has 0 spiro atoms. The van der Waals surface area contributed by atoms with Gasteiger partial charge in [-0.3, -0.25) is 4.79 Å². The summed E-state index contributed by atoms with van der Waals surface area (Å²) < 4.78 is 15.5. The van der Waals surface area contributed by atoms with E-state index in [1.54, 1.807) is 0 Å². The third-order valence-corrected chi connectivity index (χ3v) is 4.88. The molecule has 0 N–H and O–H groups in total. The van der Waals surface area contributed by atoms with E-state index in [-0.39, 0.29) is 18.0 Å². The maximum absolute atomic E-state index is 11.7. The molecule has 0 atom stereocenters. The maximum Gasteiger partial charge on any atom is 0.509 e. The van der Waals surface area contributed by atoms with Gasteiger partial charge in [0, 0.05) is 19.1 Å². The fraction of sp³-hybridized carbons (Fsp3) is 0.889. The van der Waals surface area contributed by atoms with Crippen LogP contribution in [0.15, 0.2) is 0 Å². The fourth-order valence-corrected chi connectivity index (χ4v) is 3.61. The highest BCUT2D eigenvalue weighted by Gasteiger charge is 2.33. The van der Waals surface area contributed by atoms with Crippen molar-refractivity contribution in [1.29, 1.82) is 0 Å². The number of carbonyl (C=O) groups is 2. The average Bonchev–Trinajstić information content (AvgIpc) is 2.53. The van der Waals surface area contributed by atoms with Crippen molar-refractivity contribution < 1.29 is 23.8 Å². The molecule has 0 aromatic heterocycles. The number of hydrogen-bond acceptors (Lipinski definition) is 6. The molecule has 1 aliphatic carbocycles. The molecule has 1 saturated heterocycles. The summed E-state index contributed by atoms with van der Waals surface area (Å²) >= 11 is 0. The van der Waals surface area contributed by atoms with Crippen molar-refractivity contribution in [3.05, 3.63) is 0 Å². The Balaban J connectivity index is 1.70. The van der Waals surface area contributed by atoms with Gasteiger partial charge in [-0.1, -0.05) is 0 Å². The third-order valence-electron chi connectivity index (χ3n) is 4.88. The van der Waals surface area contributed by atoms with E-state index in [0.717, 1.165) is 51.6 Å². The minimum Gasteiger partial charge on any atom is -0.469 e. The lowest BCUT2D eigenvalue weighted by atomic mass is 9.84. The van der Waals surface area contributed by atoms with Crippen LogP contribution in [0.2, 0.25) is 0 Å². The fourth-order valence-electron chi connectivity index (χ4n) is 3.61. The molecular formula is C18H31NO5. The Hall–Kier alpha value is -1.30. The first-order valence-electron chi connectivity index (χ1n) is 9.00. The SMILES string of the molecule is COC(=O)C1CCC(N2CCC(OC(=O)OC(C)(C)C)CC2)CC1. The van der Waals surface area contributed by atoms with Crippen molar-refractivity contribution in [3.63, 3.8) is 0 Å². The zero-order valence-electron chi connectivity index (χ0n) is 15.4. The summed E-state index contributed by atoms with van der Waals surface area (Å²) in [5.74, 6) is -0.00258. The predicted octanol–water partition coefficient (Wildman–Crippen LogP) is 3.13. The highest BCUT2D eigenvalue weighted by molar-refractivity contribution is 5.72. The first-order valence-corrected chi connectivity index (χ1v) is 9.00. The molecule has 6 heteroatoms. The van der Waals surface area contributed by atoms with Gasteiger partial charge in [0.25, 0.3) is 0 Å². The summed E-state index contributed by atoms with van der Waals surface area (Å²) in [6.45, 7) is 7.37. The first-order chi connectivity index (χ1) is 11.3. The smallest absolute Gasteiger partial charge is 0.469 e. The van der Waals surface area contributed by atoms with Crippen molar-refractivity contribution in [2.45, 2.75) is 77.0 Å². The molecule has 1 saturated carbocycles. The molecule has 138 valence electrons. The predicted molar refractivity (Wildman–Crippen MR) is 89.7 cm³/mol. The second-order valence-electron chi connectivity index (χ2n) is 7.85. The van der Waals surface area contributed by atoms with E-state index in [4.69, 9.17) is 14.2 Å². The summed E-state index contributed by atoms with van der Waals surface area (Å²) in [5, 5.41) is 0. The van der Waals surface area contributed by atoms with Gasteiger partial charge >= 0.3 is 12.1 Å². The van der Waals surface area contributed by atoms with Crippen molar-refractivity contribution in [2.24, 2.45) is 5.92 Å². The first kappa shape index (κ1) is 19.0. The van der Waals surface area contributed by atoms with Gasteiger partial charge in [-0.25, -0.2) is 4.79 Å². The maximum atomic E-state index is 11.7. The van der Waals surface area contributed by atoms with Gasteiger partial charge < -0.3 is 19.1 Å². The van der Waals surface area contributed by atoms with Crippen LogP contribution in [-0.4, -0.2) is 55.0 Å². The highest BCUT2D eigenvalue weighted by Crippen LogP contribution is 2.30. The van der Waals surface area contributed by atoms with Gasteiger partial charge in [-0.15, -0.1) is 0 Å². The normalized spacial score (nSPS) is 26.7. The van der Waals surface area contributed by atoms with E-state index in [1.807, 2.05) is 20.8 Å². The molecule has 0 radical (unpaired) electrons. The minimum absolute atomic E-state index is 0.0532. The summed E-state index contributed by atoms with van der Waals surface area (Å²) in [6.07, 6.45) is 4.96. The van der Waals surface area contributed by atoms with Crippen LogP contribution in [0.5, 0.6) is 0 Å². The Morgan fingerprint density at radius 1 is 0.958 bits per heavy atom. The average molecular weight is 341 g/mol. The van der Waals surface area contributed by atoms with Crippen LogP contribution in [0, 0.1) is 5.92 Å². The van der Waals surface area contributed by atoms with Gasteiger partial charge in [-0.2, -0.15) is 0 Å². The lowest BCUT2D eigenvalue weighted by Gasteiger charge is -2.40. The lowest BCUT2D eigenvalue weighted by molar-refractivity contribution is -0.147.